The Morgan fingerprint density at radius 1 is 1.43 bits per heavy atom. The van der Waals surface area contributed by atoms with Crippen LogP contribution in [0.4, 0.5) is 5.69 Å². The van der Waals surface area contributed by atoms with Crippen LogP contribution in [-0.2, 0) is 10.0 Å². The predicted molar refractivity (Wildman–Crippen MR) is 79.7 cm³/mol. The summed E-state index contributed by atoms with van der Waals surface area (Å²) in [5.74, 6) is -0.00201. The van der Waals surface area contributed by atoms with E-state index in [0.29, 0.717) is 12.2 Å². The lowest BCUT2D eigenvalue weighted by molar-refractivity contribution is -0.385. The van der Waals surface area contributed by atoms with Gasteiger partial charge in [0.25, 0.3) is 5.69 Å². The Balaban J connectivity index is 2.79. The first-order valence-electron chi connectivity index (χ1n) is 6.61. The fourth-order valence-electron chi connectivity index (χ4n) is 2.02. The van der Waals surface area contributed by atoms with Crippen LogP contribution in [0.15, 0.2) is 18.2 Å². The number of benzene rings is 1. The van der Waals surface area contributed by atoms with Crippen molar-refractivity contribution in [3.63, 3.8) is 0 Å². The van der Waals surface area contributed by atoms with Gasteiger partial charge in [-0.05, 0) is 25.0 Å². The minimum atomic E-state index is -3.57. The number of sulfonamides is 1. The van der Waals surface area contributed by atoms with Crippen LogP contribution in [0.3, 0.4) is 0 Å². The van der Waals surface area contributed by atoms with Crippen molar-refractivity contribution in [2.75, 3.05) is 12.4 Å². The van der Waals surface area contributed by atoms with Gasteiger partial charge in [-0.15, -0.1) is 0 Å². The Hall–Kier alpha value is -1.67. The number of nitrogens with zero attached hydrogens (tertiary/aromatic N) is 1. The number of ether oxygens (including phenoxy) is 1. The van der Waals surface area contributed by atoms with Crippen molar-refractivity contribution < 1.29 is 18.1 Å². The Morgan fingerprint density at radius 2 is 2.10 bits per heavy atom. The molecule has 1 aromatic carbocycles. The van der Waals surface area contributed by atoms with Gasteiger partial charge >= 0.3 is 0 Å². The van der Waals surface area contributed by atoms with E-state index in [9.17, 15) is 18.5 Å². The summed E-state index contributed by atoms with van der Waals surface area (Å²) in [7, 11) is -3.57. The molecule has 0 aliphatic rings. The molecular formula is C13H20N2O5S. The molecule has 0 fully saturated rings. The molecule has 1 rings (SSSR count). The molecule has 1 unspecified atom stereocenters. The van der Waals surface area contributed by atoms with Gasteiger partial charge in [-0.3, -0.25) is 10.1 Å². The highest BCUT2D eigenvalue weighted by Crippen LogP contribution is 2.25. The van der Waals surface area contributed by atoms with Crippen molar-refractivity contribution >= 4 is 15.7 Å². The molecule has 0 aliphatic heterocycles. The molecule has 0 radical (unpaired) electrons. The minimum Gasteiger partial charge on any atom is -0.493 e. The largest absolute Gasteiger partial charge is 0.493 e. The molecule has 0 aliphatic carbocycles. The van der Waals surface area contributed by atoms with Gasteiger partial charge < -0.3 is 4.74 Å². The smallest absolute Gasteiger partial charge is 0.273 e. The molecule has 7 nitrogen and oxygen atoms in total. The highest BCUT2D eigenvalue weighted by Gasteiger charge is 2.17. The van der Waals surface area contributed by atoms with E-state index in [1.807, 2.05) is 6.92 Å². The maximum absolute atomic E-state index is 11.2. The van der Waals surface area contributed by atoms with Gasteiger partial charge in [0.05, 0.1) is 23.3 Å². The van der Waals surface area contributed by atoms with Gasteiger partial charge in [0.1, 0.15) is 5.75 Å². The Bertz CT molecular complexity index is 601. The second-order valence-corrected chi connectivity index (χ2v) is 6.66. The van der Waals surface area contributed by atoms with Gasteiger partial charge in [-0.1, -0.05) is 13.3 Å². The normalized spacial score (nSPS) is 12.9. The van der Waals surface area contributed by atoms with Crippen LogP contribution in [0.25, 0.3) is 0 Å². The van der Waals surface area contributed by atoms with Gasteiger partial charge in [-0.25, -0.2) is 13.6 Å². The molecular weight excluding hydrogens is 296 g/mol. The Labute approximate surface area is 124 Å². The molecule has 0 saturated heterocycles. The number of nitrogens with two attached hydrogens (primary N) is 1. The zero-order valence-electron chi connectivity index (χ0n) is 12.1. The molecule has 8 heteroatoms. The number of nitro benzene ring substituents is 1. The van der Waals surface area contributed by atoms with E-state index in [1.165, 1.54) is 12.1 Å². The van der Waals surface area contributed by atoms with Crippen molar-refractivity contribution in [2.45, 2.75) is 26.7 Å². The lowest BCUT2D eigenvalue weighted by atomic mass is 10.1. The minimum absolute atomic E-state index is 0.0610. The molecule has 118 valence electrons. The maximum Gasteiger partial charge on any atom is 0.273 e. The summed E-state index contributed by atoms with van der Waals surface area (Å²) in [5.41, 5.74) is 0.695. The number of hydrogen-bond donors (Lipinski definition) is 1. The number of hydrogen-bond acceptors (Lipinski definition) is 5. The van der Waals surface area contributed by atoms with Crippen LogP contribution in [-0.4, -0.2) is 25.7 Å². The van der Waals surface area contributed by atoms with Gasteiger partial charge in [-0.2, -0.15) is 0 Å². The van der Waals surface area contributed by atoms with Crippen molar-refractivity contribution in [3.8, 4) is 5.75 Å². The quantitative estimate of drug-likeness (QED) is 0.582. The van der Waals surface area contributed by atoms with Crippen LogP contribution in [0, 0.1) is 23.0 Å². The average Bonchev–Trinajstić information content (AvgIpc) is 2.35. The van der Waals surface area contributed by atoms with E-state index in [1.54, 1.807) is 13.0 Å². The van der Waals surface area contributed by atoms with Crippen LogP contribution in [0.2, 0.25) is 0 Å². The first-order chi connectivity index (χ1) is 9.73. The molecule has 1 aromatic rings. The molecule has 0 aromatic heterocycles. The lowest BCUT2D eigenvalue weighted by Crippen LogP contribution is -2.27. The molecule has 2 N–H and O–H groups in total. The van der Waals surface area contributed by atoms with Crippen molar-refractivity contribution in [3.05, 3.63) is 33.9 Å². The SMILES string of the molecule is CCCC(COc1cc([N+](=O)[O-])ccc1C)CS(N)(=O)=O. The van der Waals surface area contributed by atoms with Crippen LogP contribution >= 0.6 is 0 Å². The molecule has 0 heterocycles. The van der Waals surface area contributed by atoms with Crippen LogP contribution in [0.5, 0.6) is 5.75 Å². The lowest BCUT2D eigenvalue weighted by Gasteiger charge is -2.16. The number of nitro groups is 1. The number of primary sulfonamides is 1. The number of aryl methyl sites for hydroxylation is 1. The zero-order chi connectivity index (χ0) is 16.0. The van der Waals surface area contributed by atoms with Gasteiger partial charge in [0.2, 0.25) is 10.0 Å². The molecule has 21 heavy (non-hydrogen) atoms. The van der Waals surface area contributed by atoms with E-state index in [4.69, 9.17) is 9.88 Å². The second-order valence-electron chi connectivity index (χ2n) is 5.00. The van der Waals surface area contributed by atoms with Gasteiger partial charge in [0, 0.05) is 12.0 Å². The third-order valence-corrected chi connectivity index (χ3v) is 3.96. The van der Waals surface area contributed by atoms with Crippen LogP contribution in [0.1, 0.15) is 25.3 Å². The topological polar surface area (TPSA) is 113 Å². The fourth-order valence-corrected chi connectivity index (χ4v) is 2.94. The first kappa shape index (κ1) is 17.4. The van der Waals surface area contributed by atoms with Crippen molar-refractivity contribution in [1.29, 1.82) is 0 Å². The van der Waals surface area contributed by atoms with E-state index < -0.39 is 14.9 Å². The van der Waals surface area contributed by atoms with Gasteiger partial charge in [0.15, 0.2) is 0 Å². The van der Waals surface area contributed by atoms with E-state index in [2.05, 4.69) is 0 Å². The highest BCUT2D eigenvalue weighted by atomic mass is 32.2. The average molecular weight is 316 g/mol. The number of rotatable bonds is 8. The fraction of sp³-hybridized carbons (Fsp3) is 0.538. The first-order valence-corrected chi connectivity index (χ1v) is 8.32. The molecule has 0 spiro atoms. The Kier molecular flexibility index (Phi) is 6.10. The Morgan fingerprint density at radius 3 is 2.62 bits per heavy atom. The monoisotopic (exact) mass is 316 g/mol. The summed E-state index contributed by atoms with van der Waals surface area (Å²) in [6.07, 6.45) is 1.46. The maximum atomic E-state index is 11.2. The summed E-state index contributed by atoms with van der Waals surface area (Å²) >= 11 is 0. The molecule has 1 atom stereocenters. The van der Waals surface area contributed by atoms with E-state index in [0.717, 1.165) is 12.0 Å². The summed E-state index contributed by atoms with van der Waals surface area (Å²) in [5, 5.41) is 15.8. The van der Waals surface area contributed by atoms with Crippen molar-refractivity contribution in [1.82, 2.24) is 0 Å². The highest BCUT2D eigenvalue weighted by molar-refractivity contribution is 7.89. The summed E-state index contributed by atoms with van der Waals surface area (Å²) in [6.45, 7) is 3.87. The molecule has 0 saturated carbocycles. The summed E-state index contributed by atoms with van der Waals surface area (Å²) < 4.78 is 27.9. The number of non-ortho nitro benzene ring substituents is 1. The third kappa shape index (κ3) is 6.09. The standard InChI is InChI=1S/C13H20N2O5S/c1-3-4-11(9-21(14,18)19)8-20-13-7-12(15(16)17)6-5-10(13)2/h5-7,11H,3-4,8-9H2,1-2H3,(H2,14,18,19). The molecule has 0 amide bonds. The van der Waals surface area contributed by atoms with Crippen LogP contribution < -0.4 is 9.88 Å². The summed E-state index contributed by atoms with van der Waals surface area (Å²) in [4.78, 5) is 10.2. The van der Waals surface area contributed by atoms with E-state index >= 15 is 0 Å². The van der Waals surface area contributed by atoms with Crippen molar-refractivity contribution in [2.24, 2.45) is 11.1 Å². The predicted octanol–water partition coefficient (Wildman–Crippen LogP) is 1.99. The molecule has 0 bridgehead atoms. The summed E-state index contributed by atoms with van der Waals surface area (Å²) in [6, 6.07) is 4.34. The zero-order valence-corrected chi connectivity index (χ0v) is 12.9. The third-order valence-electron chi connectivity index (χ3n) is 3.02. The van der Waals surface area contributed by atoms with E-state index in [-0.39, 0.29) is 24.0 Å². The second kappa shape index (κ2) is 7.37.